The zero-order valence-corrected chi connectivity index (χ0v) is 23.7. The largest absolute Gasteiger partial charge is 0.508 e. The fourth-order valence-corrected chi connectivity index (χ4v) is 7.77. The predicted octanol–water partition coefficient (Wildman–Crippen LogP) is 6.38. The fourth-order valence-electron chi connectivity index (χ4n) is 7.77. The average molecular weight is 505 g/mol. The Morgan fingerprint density at radius 1 is 0.946 bits per heavy atom. The average Bonchev–Trinajstić information content (AvgIpc) is 2.83. The maximum atomic E-state index is 14.0. The number of carbonyl (C=O) groups is 1. The van der Waals surface area contributed by atoms with Gasteiger partial charge in [0.25, 0.3) is 0 Å². The second kappa shape index (κ2) is 8.41. The van der Waals surface area contributed by atoms with Crippen LogP contribution < -0.4 is 0 Å². The lowest BCUT2D eigenvalue weighted by Gasteiger charge is -2.61. The number of rotatable bonds is 3. The van der Waals surface area contributed by atoms with Crippen LogP contribution in [-0.2, 0) is 23.7 Å². The van der Waals surface area contributed by atoms with Gasteiger partial charge in [0.2, 0.25) is 0 Å². The lowest BCUT2D eigenvalue weighted by atomic mass is 9.51. The van der Waals surface area contributed by atoms with Crippen LogP contribution in [0.3, 0.4) is 0 Å². The monoisotopic (exact) mass is 504 g/mol. The minimum Gasteiger partial charge on any atom is -0.508 e. The summed E-state index contributed by atoms with van der Waals surface area (Å²) in [6, 6.07) is 11.9. The van der Waals surface area contributed by atoms with Crippen molar-refractivity contribution in [1.82, 2.24) is 9.80 Å². The van der Waals surface area contributed by atoms with Gasteiger partial charge in [-0.1, -0.05) is 65.8 Å². The van der Waals surface area contributed by atoms with Crippen LogP contribution in [0.2, 0.25) is 0 Å². The molecule has 5 heteroatoms. The molecule has 0 radical (unpaired) electrons. The van der Waals surface area contributed by atoms with E-state index in [9.17, 15) is 15.0 Å². The summed E-state index contributed by atoms with van der Waals surface area (Å²) >= 11 is 0. The third-order valence-electron chi connectivity index (χ3n) is 11.4. The van der Waals surface area contributed by atoms with Crippen LogP contribution >= 0.6 is 0 Å². The van der Waals surface area contributed by atoms with Crippen molar-refractivity contribution >= 4 is 6.03 Å². The summed E-state index contributed by atoms with van der Waals surface area (Å²) in [6.07, 6.45) is 4.29. The Hall–Kier alpha value is -2.69. The van der Waals surface area contributed by atoms with E-state index >= 15 is 0 Å². The van der Waals surface area contributed by atoms with Crippen LogP contribution in [0.5, 0.6) is 11.5 Å². The van der Waals surface area contributed by atoms with Crippen molar-refractivity contribution in [2.45, 2.75) is 90.5 Å². The summed E-state index contributed by atoms with van der Waals surface area (Å²) in [5, 5.41) is 21.3. The molecule has 37 heavy (non-hydrogen) atoms. The summed E-state index contributed by atoms with van der Waals surface area (Å²) in [7, 11) is 1.93. The number of hydrogen-bond donors (Lipinski definition) is 2. The number of piperidine rings is 1. The van der Waals surface area contributed by atoms with Gasteiger partial charge in [0.1, 0.15) is 11.5 Å². The molecule has 3 aliphatic rings. The summed E-state index contributed by atoms with van der Waals surface area (Å²) < 4.78 is 0. The summed E-state index contributed by atoms with van der Waals surface area (Å²) in [6.45, 7) is 15.2. The van der Waals surface area contributed by atoms with Gasteiger partial charge in [0, 0.05) is 31.6 Å². The molecule has 2 aromatic rings. The third-order valence-corrected chi connectivity index (χ3v) is 11.4. The number of phenols is 2. The molecule has 2 bridgehead atoms. The second-order valence-corrected chi connectivity index (χ2v) is 13.5. The van der Waals surface area contributed by atoms with Crippen LogP contribution in [-0.4, -0.2) is 52.2 Å². The van der Waals surface area contributed by atoms with Gasteiger partial charge in [-0.25, -0.2) is 4.79 Å². The second-order valence-electron chi connectivity index (χ2n) is 13.5. The first-order valence-electron chi connectivity index (χ1n) is 13.9. The van der Waals surface area contributed by atoms with Gasteiger partial charge in [-0.05, 0) is 82.7 Å². The molecule has 1 fully saturated rings. The minimum atomic E-state index is -0.150. The molecule has 5 rings (SSSR count). The topological polar surface area (TPSA) is 64.0 Å². The van der Waals surface area contributed by atoms with Gasteiger partial charge in [-0.3, -0.25) is 0 Å². The molecule has 2 aromatic carbocycles. The van der Waals surface area contributed by atoms with Gasteiger partial charge in [0.05, 0.1) is 0 Å². The zero-order chi connectivity index (χ0) is 27.0. The number of carbonyl (C=O) groups excluding carboxylic acids is 1. The smallest absolute Gasteiger partial charge is 0.320 e. The van der Waals surface area contributed by atoms with Crippen molar-refractivity contribution in [2.75, 3.05) is 20.1 Å². The zero-order valence-electron chi connectivity index (χ0n) is 23.7. The minimum absolute atomic E-state index is 0.0291. The number of benzene rings is 2. The van der Waals surface area contributed by atoms with Crippen molar-refractivity contribution in [2.24, 2.45) is 10.8 Å². The third kappa shape index (κ3) is 3.59. The van der Waals surface area contributed by atoms with E-state index in [-0.39, 0.29) is 33.7 Å². The first kappa shape index (κ1) is 25.9. The van der Waals surface area contributed by atoms with Crippen molar-refractivity contribution in [1.29, 1.82) is 0 Å². The Labute approximate surface area is 222 Å². The van der Waals surface area contributed by atoms with E-state index in [1.807, 2.05) is 24.1 Å². The van der Waals surface area contributed by atoms with Gasteiger partial charge in [0.15, 0.2) is 0 Å². The molecule has 5 nitrogen and oxygen atoms in total. The van der Waals surface area contributed by atoms with Crippen molar-refractivity contribution in [3.05, 3.63) is 58.7 Å². The van der Waals surface area contributed by atoms with Crippen molar-refractivity contribution in [3.8, 4) is 11.5 Å². The van der Waals surface area contributed by atoms with E-state index in [1.165, 1.54) is 11.1 Å². The molecular weight excluding hydrogens is 460 g/mol. The summed E-state index contributed by atoms with van der Waals surface area (Å²) in [5.74, 6) is 0.740. The van der Waals surface area contributed by atoms with E-state index in [0.717, 1.165) is 43.4 Å². The molecule has 2 N–H and O–H groups in total. The Morgan fingerprint density at radius 3 is 2.24 bits per heavy atom. The van der Waals surface area contributed by atoms with Crippen LogP contribution in [0.25, 0.3) is 0 Å². The van der Waals surface area contributed by atoms with Gasteiger partial charge in [-0.2, -0.15) is 0 Å². The number of fused-ring (bicyclic) bond motifs is 5. The van der Waals surface area contributed by atoms with Crippen LogP contribution in [0.4, 0.5) is 4.79 Å². The number of urea groups is 1. The predicted molar refractivity (Wildman–Crippen MR) is 148 cm³/mol. The van der Waals surface area contributed by atoms with Gasteiger partial charge < -0.3 is 20.0 Å². The number of phenolic OH excluding ortho intramolecular Hbond substituents is 2. The highest BCUT2D eigenvalue weighted by Gasteiger charge is 2.57. The Morgan fingerprint density at radius 2 is 1.57 bits per heavy atom. The Balaban J connectivity index is 1.39. The van der Waals surface area contributed by atoms with E-state index < -0.39 is 0 Å². The van der Waals surface area contributed by atoms with E-state index in [4.69, 9.17) is 0 Å². The number of nitrogens with zero attached hydrogens (tertiary/aromatic N) is 2. The number of hydrogen-bond acceptors (Lipinski definition) is 3. The molecule has 1 aliphatic heterocycles. The lowest BCUT2D eigenvalue weighted by Crippen LogP contribution is -2.66. The Bertz CT molecular complexity index is 1230. The number of amides is 2. The molecule has 2 amide bonds. The molecule has 0 saturated carbocycles. The first-order chi connectivity index (χ1) is 17.2. The fraction of sp³-hybridized carbons (Fsp3) is 0.594. The van der Waals surface area contributed by atoms with Crippen molar-refractivity contribution < 1.29 is 15.0 Å². The Kier molecular flexibility index (Phi) is 5.89. The SMILES string of the molecule is CN(CC[C@@]1(C)c2cccc(O)c2CCC1(C)C)C(=O)N1CC[C@@]2(C)c3cccc(O)c3C[C@@H]1C2(C)C. The quantitative estimate of drug-likeness (QED) is 0.509. The normalized spacial score (nSPS) is 29.3. The van der Waals surface area contributed by atoms with Gasteiger partial charge >= 0.3 is 6.03 Å². The molecule has 3 atom stereocenters. The van der Waals surface area contributed by atoms with Crippen LogP contribution in [0, 0.1) is 10.8 Å². The summed E-state index contributed by atoms with van der Waals surface area (Å²) in [4.78, 5) is 17.9. The standard InChI is InChI=1S/C32H44N2O3/c1-29(2)15-14-21-23(10-8-12-25(21)35)31(29,5)16-18-33(7)28(37)34-19-17-32(6)24-11-9-13-26(36)22(24)20-27(34)30(32,3)4/h8-13,27,35-36H,14-20H2,1-7H3/t27-,31+,32+/m1/s1. The first-order valence-corrected chi connectivity index (χ1v) is 13.9. The molecule has 1 heterocycles. The number of likely N-dealkylation sites (tertiary alicyclic amines) is 1. The highest BCUT2D eigenvalue weighted by atomic mass is 16.3. The van der Waals surface area contributed by atoms with E-state index in [1.54, 1.807) is 12.1 Å². The molecule has 0 spiro atoms. The van der Waals surface area contributed by atoms with Crippen LogP contribution in [0.1, 0.15) is 83.1 Å². The number of aromatic hydroxyl groups is 2. The molecular formula is C32H44N2O3. The maximum absolute atomic E-state index is 14.0. The van der Waals surface area contributed by atoms with E-state index in [2.05, 4.69) is 58.6 Å². The molecule has 0 aromatic heterocycles. The van der Waals surface area contributed by atoms with Crippen molar-refractivity contribution in [3.63, 3.8) is 0 Å². The molecule has 2 aliphatic carbocycles. The lowest BCUT2D eigenvalue weighted by molar-refractivity contribution is -0.0231. The maximum Gasteiger partial charge on any atom is 0.320 e. The van der Waals surface area contributed by atoms with E-state index in [0.29, 0.717) is 24.5 Å². The molecule has 200 valence electrons. The summed E-state index contributed by atoms with van der Waals surface area (Å²) in [5.41, 5.74) is 4.22. The molecule has 0 unspecified atom stereocenters. The highest BCUT2D eigenvalue weighted by Crippen LogP contribution is 2.57. The highest BCUT2D eigenvalue weighted by molar-refractivity contribution is 5.75. The molecule has 1 saturated heterocycles. The van der Waals surface area contributed by atoms with Gasteiger partial charge in [-0.15, -0.1) is 0 Å². The van der Waals surface area contributed by atoms with Crippen LogP contribution in [0.15, 0.2) is 36.4 Å².